The topological polar surface area (TPSA) is 26.3 Å². The third-order valence-corrected chi connectivity index (χ3v) is 4.89. The van der Waals surface area contributed by atoms with E-state index in [0.29, 0.717) is 0 Å². The smallest absolute Gasteiger partial charge is 0.318 e. The van der Waals surface area contributed by atoms with Crippen LogP contribution >= 0.6 is 0 Å². The third-order valence-electron chi connectivity index (χ3n) is 4.89. The van der Waals surface area contributed by atoms with Gasteiger partial charge in [-0.3, -0.25) is 4.79 Å². The van der Waals surface area contributed by atoms with Crippen molar-refractivity contribution in [2.45, 2.75) is 98.8 Å². The van der Waals surface area contributed by atoms with Gasteiger partial charge in [0.15, 0.2) is 0 Å². The summed E-state index contributed by atoms with van der Waals surface area (Å²) in [4.78, 5) is 13.0. The second-order valence-electron chi connectivity index (χ2n) is 9.70. The number of hydrogen-bond donors (Lipinski definition) is 0. The van der Waals surface area contributed by atoms with Gasteiger partial charge in [0.25, 0.3) is 0 Å². The number of allylic oxidation sites excluding steroid dienone is 1. The Balaban J connectivity index is 3.31. The molecule has 0 aliphatic carbocycles. The van der Waals surface area contributed by atoms with Crippen molar-refractivity contribution in [1.82, 2.24) is 0 Å². The van der Waals surface area contributed by atoms with Gasteiger partial charge in [-0.05, 0) is 30.6 Å². The Labute approximate surface area is 167 Å². The van der Waals surface area contributed by atoms with Gasteiger partial charge in [0.05, 0.1) is 5.92 Å². The van der Waals surface area contributed by atoms with Crippen molar-refractivity contribution in [2.75, 3.05) is 0 Å². The van der Waals surface area contributed by atoms with Gasteiger partial charge < -0.3 is 4.74 Å². The minimum Gasteiger partial charge on any atom is -0.425 e. The summed E-state index contributed by atoms with van der Waals surface area (Å²) in [5.41, 5.74) is 3.22. The maximum atomic E-state index is 13.0. The summed E-state index contributed by atoms with van der Waals surface area (Å²) in [5.74, 6) is 0.417. The lowest BCUT2D eigenvalue weighted by atomic mass is 9.78. The number of hydrogen-bond acceptors (Lipinski definition) is 2. The van der Waals surface area contributed by atoms with Gasteiger partial charge in [-0.15, -0.1) is 0 Å². The highest BCUT2D eigenvalue weighted by Crippen LogP contribution is 2.41. The highest BCUT2D eigenvalue weighted by molar-refractivity contribution is 5.78. The van der Waals surface area contributed by atoms with Crippen LogP contribution in [0.15, 0.2) is 24.3 Å². The average molecular weight is 373 g/mol. The van der Waals surface area contributed by atoms with Crippen LogP contribution in [-0.4, -0.2) is 5.97 Å². The highest BCUT2D eigenvalue weighted by Gasteiger charge is 2.29. The molecule has 0 unspecified atom stereocenters. The Kier molecular flexibility index (Phi) is 8.32. The minimum atomic E-state index is -0.191. The van der Waals surface area contributed by atoms with Gasteiger partial charge >= 0.3 is 5.97 Å². The molecule has 0 aliphatic rings. The van der Waals surface area contributed by atoms with Crippen LogP contribution in [0, 0.1) is 12.8 Å². The lowest BCUT2D eigenvalue weighted by Crippen LogP contribution is -2.25. The SMILES string of the molecule is CCCC/C=C/[C@H](CC)C(=O)Oc1c(C(C)(C)C)cc(C)cc1C(C)(C)C. The summed E-state index contributed by atoms with van der Waals surface area (Å²) in [6.07, 6.45) is 8.25. The monoisotopic (exact) mass is 372 g/mol. The largest absolute Gasteiger partial charge is 0.425 e. The number of esters is 1. The molecule has 0 bridgehead atoms. The Morgan fingerprint density at radius 2 is 1.56 bits per heavy atom. The number of rotatable bonds is 7. The van der Waals surface area contributed by atoms with Gasteiger partial charge in [0.1, 0.15) is 5.75 Å². The molecule has 152 valence electrons. The molecule has 27 heavy (non-hydrogen) atoms. The normalized spacial score (nSPS) is 13.8. The van der Waals surface area contributed by atoms with Gasteiger partial charge in [-0.25, -0.2) is 0 Å². The molecule has 2 nitrogen and oxygen atoms in total. The van der Waals surface area contributed by atoms with Crippen LogP contribution in [-0.2, 0) is 15.6 Å². The molecule has 1 rings (SSSR count). The van der Waals surface area contributed by atoms with E-state index in [2.05, 4.69) is 73.6 Å². The first kappa shape index (κ1) is 23.5. The second kappa shape index (κ2) is 9.57. The molecule has 0 saturated carbocycles. The first-order chi connectivity index (χ1) is 12.4. The first-order valence-corrected chi connectivity index (χ1v) is 10.5. The molecule has 0 radical (unpaired) electrons. The van der Waals surface area contributed by atoms with Gasteiger partial charge in [0.2, 0.25) is 0 Å². The number of carbonyl (C=O) groups excluding carboxylic acids is 1. The zero-order valence-corrected chi connectivity index (χ0v) is 19.0. The molecule has 0 aromatic heterocycles. The number of benzene rings is 1. The summed E-state index contributed by atoms with van der Waals surface area (Å²) in [6.45, 7) is 19.4. The van der Waals surface area contributed by atoms with Crippen molar-refractivity contribution in [1.29, 1.82) is 0 Å². The zero-order chi connectivity index (χ0) is 20.8. The second-order valence-corrected chi connectivity index (χ2v) is 9.70. The Morgan fingerprint density at radius 1 is 1.04 bits per heavy atom. The molecule has 0 spiro atoms. The van der Waals surface area contributed by atoms with E-state index < -0.39 is 0 Å². The predicted octanol–water partition coefficient (Wildman–Crippen LogP) is 7.27. The van der Waals surface area contributed by atoms with Crippen molar-refractivity contribution in [3.8, 4) is 5.75 Å². The quantitative estimate of drug-likeness (QED) is 0.218. The molecule has 0 heterocycles. The average Bonchev–Trinajstić information content (AvgIpc) is 2.54. The van der Waals surface area contributed by atoms with E-state index in [4.69, 9.17) is 4.74 Å². The molecule has 0 aliphatic heterocycles. The van der Waals surface area contributed by atoms with E-state index >= 15 is 0 Å². The molecular weight excluding hydrogens is 332 g/mol. The van der Waals surface area contributed by atoms with Crippen LogP contribution in [0.25, 0.3) is 0 Å². The fourth-order valence-electron chi connectivity index (χ4n) is 3.14. The standard InChI is InChI=1S/C25H40O2/c1-10-12-13-14-15-19(11-2)23(26)27-22-20(24(4,5)6)16-18(3)17-21(22)25(7,8)9/h14-17,19H,10-13H2,1-9H3/b15-14+/t19-/m0/s1. The van der Waals surface area contributed by atoms with Crippen LogP contribution in [0.4, 0.5) is 0 Å². The Bertz CT molecular complexity index is 619. The Hall–Kier alpha value is -1.57. The highest BCUT2D eigenvalue weighted by atomic mass is 16.5. The van der Waals surface area contributed by atoms with E-state index in [9.17, 15) is 4.79 Å². The van der Waals surface area contributed by atoms with Crippen LogP contribution in [0.2, 0.25) is 0 Å². The van der Waals surface area contributed by atoms with Crippen molar-refractivity contribution < 1.29 is 9.53 Å². The number of ether oxygens (including phenoxy) is 1. The molecule has 0 amide bonds. The van der Waals surface area contributed by atoms with Crippen LogP contribution in [0.1, 0.15) is 97.8 Å². The minimum absolute atomic E-state index is 0.0969. The van der Waals surface area contributed by atoms with Gasteiger partial charge in [-0.2, -0.15) is 0 Å². The summed E-state index contributed by atoms with van der Waals surface area (Å²) in [7, 11) is 0. The van der Waals surface area contributed by atoms with Crippen LogP contribution < -0.4 is 4.74 Å². The van der Waals surface area contributed by atoms with Crippen molar-refractivity contribution in [3.05, 3.63) is 41.0 Å². The van der Waals surface area contributed by atoms with E-state index in [1.165, 1.54) is 12.0 Å². The first-order valence-electron chi connectivity index (χ1n) is 10.5. The van der Waals surface area contributed by atoms with Crippen molar-refractivity contribution in [3.63, 3.8) is 0 Å². The van der Waals surface area contributed by atoms with Gasteiger partial charge in [-0.1, -0.05) is 98.1 Å². The molecule has 0 N–H and O–H groups in total. The molecule has 1 aromatic carbocycles. The molecule has 1 aromatic rings. The summed E-state index contributed by atoms with van der Waals surface area (Å²) in [5, 5.41) is 0. The lowest BCUT2D eigenvalue weighted by molar-refractivity contribution is -0.137. The van der Waals surface area contributed by atoms with Crippen molar-refractivity contribution in [2.24, 2.45) is 5.92 Å². The Morgan fingerprint density at radius 3 is 1.96 bits per heavy atom. The fraction of sp³-hybridized carbons (Fsp3) is 0.640. The number of unbranched alkanes of at least 4 members (excludes halogenated alkanes) is 2. The molecule has 1 atom stereocenters. The molecule has 0 fully saturated rings. The van der Waals surface area contributed by atoms with E-state index in [1.54, 1.807) is 0 Å². The maximum absolute atomic E-state index is 13.0. The maximum Gasteiger partial charge on any atom is 0.318 e. The summed E-state index contributed by atoms with van der Waals surface area (Å²) < 4.78 is 6.10. The molecule has 0 saturated heterocycles. The summed E-state index contributed by atoms with van der Waals surface area (Å²) in [6, 6.07) is 4.33. The number of aryl methyl sites for hydroxylation is 1. The zero-order valence-electron chi connectivity index (χ0n) is 19.0. The molecular formula is C25H40O2. The summed E-state index contributed by atoms with van der Waals surface area (Å²) >= 11 is 0. The van der Waals surface area contributed by atoms with Crippen molar-refractivity contribution >= 4 is 5.97 Å². The molecule has 2 heteroatoms. The fourth-order valence-corrected chi connectivity index (χ4v) is 3.14. The van der Waals surface area contributed by atoms with E-state index in [1.807, 2.05) is 13.0 Å². The third kappa shape index (κ3) is 6.83. The predicted molar refractivity (Wildman–Crippen MR) is 117 cm³/mol. The van der Waals surface area contributed by atoms with Gasteiger partial charge in [0, 0.05) is 11.1 Å². The lowest BCUT2D eigenvalue weighted by Gasteiger charge is -2.30. The van der Waals surface area contributed by atoms with E-state index in [-0.39, 0.29) is 22.7 Å². The number of carbonyl (C=O) groups is 1. The van der Waals surface area contributed by atoms with Crippen LogP contribution in [0.3, 0.4) is 0 Å². The van der Waals surface area contributed by atoms with E-state index in [0.717, 1.165) is 36.1 Å². The van der Waals surface area contributed by atoms with Crippen LogP contribution in [0.5, 0.6) is 5.75 Å².